The second kappa shape index (κ2) is 4.98. The van der Waals surface area contributed by atoms with Gasteiger partial charge in [-0.3, -0.25) is 0 Å². The predicted octanol–water partition coefficient (Wildman–Crippen LogP) is 3.95. The SMILES string of the molecule is c1ccc(Nc2nccc(-c3ccsc3)n2)cc1. The minimum absolute atomic E-state index is 0.616. The first kappa shape index (κ1) is 10.9. The fourth-order valence-electron chi connectivity index (χ4n) is 1.64. The van der Waals surface area contributed by atoms with Crippen LogP contribution in [0, 0.1) is 0 Å². The van der Waals surface area contributed by atoms with Gasteiger partial charge in [-0.25, -0.2) is 9.97 Å². The third kappa shape index (κ3) is 2.38. The Morgan fingerprint density at radius 3 is 2.67 bits per heavy atom. The minimum atomic E-state index is 0.616. The molecule has 18 heavy (non-hydrogen) atoms. The lowest BCUT2D eigenvalue weighted by Crippen LogP contribution is -1.97. The lowest BCUT2D eigenvalue weighted by molar-refractivity contribution is 1.17. The van der Waals surface area contributed by atoms with Gasteiger partial charge in [-0.2, -0.15) is 11.3 Å². The summed E-state index contributed by atoms with van der Waals surface area (Å²) in [4.78, 5) is 8.72. The Kier molecular flexibility index (Phi) is 3.02. The van der Waals surface area contributed by atoms with Crippen LogP contribution in [0.3, 0.4) is 0 Å². The van der Waals surface area contributed by atoms with Gasteiger partial charge >= 0.3 is 0 Å². The first-order valence-electron chi connectivity index (χ1n) is 5.59. The van der Waals surface area contributed by atoms with Crippen LogP contribution in [0.5, 0.6) is 0 Å². The van der Waals surface area contributed by atoms with Crippen LogP contribution < -0.4 is 5.32 Å². The normalized spacial score (nSPS) is 10.2. The number of aromatic nitrogens is 2. The van der Waals surface area contributed by atoms with Gasteiger partial charge in [0.15, 0.2) is 0 Å². The third-order valence-corrected chi connectivity index (χ3v) is 3.19. The van der Waals surface area contributed by atoms with Crippen LogP contribution in [0.15, 0.2) is 59.4 Å². The second-order valence-corrected chi connectivity index (χ2v) is 4.55. The van der Waals surface area contributed by atoms with Gasteiger partial charge in [0.05, 0.1) is 5.69 Å². The summed E-state index contributed by atoms with van der Waals surface area (Å²) >= 11 is 1.66. The van der Waals surface area contributed by atoms with Crippen molar-refractivity contribution in [3.63, 3.8) is 0 Å². The molecule has 1 aromatic carbocycles. The molecule has 1 N–H and O–H groups in total. The average Bonchev–Trinajstić information content (AvgIpc) is 2.94. The quantitative estimate of drug-likeness (QED) is 0.768. The van der Waals surface area contributed by atoms with Gasteiger partial charge in [0, 0.05) is 22.8 Å². The highest BCUT2D eigenvalue weighted by atomic mass is 32.1. The highest BCUT2D eigenvalue weighted by Crippen LogP contribution is 2.21. The molecule has 3 rings (SSSR count). The Labute approximate surface area is 109 Å². The molecule has 0 amide bonds. The molecule has 0 aliphatic rings. The van der Waals surface area contributed by atoms with E-state index in [2.05, 4.69) is 26.7 Å². The van der Waals surface area contributed by atoms with Crippen molar-refractivity contribution in [1.82, 2.24) is 9.97 Å². The van der Waals surface area contributed by atoms with Crippen LogP contribution in [0.1, 0.15) is 0 Å². The largest absolute Gasteiger partial charge is 0.324 e. The molecule has 4 heteroatoms. The van der Waals surface area contributed by atoms with Crippen LogP contribution in [-0.4, -0.2) is 9.97 Å². The highest BCUT2D eigenvalue weighted by molar-refractivity contribution is 7.08. The van der Waals surface area contributed by atoms with E-state index in [1.807, 2.05) is 41.8 Å². The fourth-order valence-corrected chi connectivity index (χ4v) is 2.29. The molecule has 0 unspecified atom stereocenters. The minimum Gasteiger partial charge on any atom is -0.324 e. The summed E-state index contributed by atoms with van der Waals surface area (Å²) in [5.74, 6) is 0.616. The van der Waals surface area contributed by atoms with Crippen LogP contribution in [0.25, 0.3) is 11.3 Å². The smallest absolute Gasteiger partial charge is 0.227 e. The fraction of sp³-hybridized carbons (Fsp3) is 0. The van der Waals surface area contributed by atoms with Crippen LogP contribution in [-0.2, 0) is 0 Å². The summed E-state index contributed by atoms with van der Waals surface area (Å²) in [6, 6.07) is 13.9. The number of rotatable bonds is 3. The van der Waals surface area contributed by atoms with Crippen LogP contribution in [0.4, 0.5) is 11.6 Å². The zero-order valence-electron chi connectivity index (χ0n) is 9.58. The monoisotopic (exact) mass is 253 g/mol. The Morgan fingerprint density at radius 1 is 1.00 bits per heavy atom. The Balaban J connectivity index is 1.88. The van der Waals surface area contributed by atoms with Gasteiger partial charge in [-0.05, 0) is 29.6 Å². The maximum Gasteiger partial charge on any atom is 0.227 e. The Hall–Kier alpha value is -2.20. The zero-order valence-corrected chi connectivity index (χ0v) is 10.4. The molecule has 0 aliphatic heterocycles. The Morgan fingerprint density at radius 2 is 1.89 bits per heavy atom. The molecule has 2 heterocycles. The molecule has 0 aliphatic carbocycles. The molecule has 2 aromatic heterocycles. The summed E-state index contributed by atoms with van der Waals surface area (Å²) in [6.45, 7) is 0. The molecule has 3 nitrogen and oxygen atoms in total. The lowest BCUT2D eigenvalue weighted by atomic mass is 10.2. The van der Waals surface area contributed by atoms with E-state index >= 15 is 0 Å². The van der Waals surface area contributed by atoms with E-state index in [4.69, 9.17) is 0 Å². The van der Waals surface area contributed by atoms with Crippen molar-refractivity contribution in [3.8, 4) is 11.3 Å². The number of nitrogens with one attached hydrogen (secondary N) is 1. The van der Waals surface area contributed by atoms with Crippen molar-refractivity contribution in [2.24, 2.45) is 0 Å². The zero-order chi connectivity index (χ0) is 12.2. The second-order valence-electron chi connectivity index (χ2n) is 3.77. The summed E-state index contributed by atoms with van der Waals surface area (Å²) < 4.78 is 0. The number of para-hydroxylation sites is 1. The van der Waals surface area contributed by atoms with E-state index in [0.29, 0.717) is 5.95 Å². The molecule has 0 atom stereocenters. The van der Waals surface area contributed by atoms with E-state index < -0.39 is 0 Å². The molecule has 0 bridgehead atoms. The number of hydrogen-bond acceptors (Lipinski definition) is 4. The molecule has 0 spiro atoms. The third-order valence-electron chi connectivity index (χ3n) is 2.50. The first-order valence-corrected chi connectivity index (χ1v) is 6.54. The van der Waals surface area contributed by atoms with E-state index in [9.17, 15) is 0 Å². The molecule has 0 saturated heterocycles. The van der Waals surface area contributed by atoms with E-state index in [1.165, 1.54) is 0 Å². The topological polar surface area (TPSA) is 37.8 Å². The molecular formula is C14H11N3S. The highest BCUT2D eigenvalue weighted by Gasteiger charge is 2.02. The number of benzene rings is 1. The average molecular weight is 253 g/mol. The van der Waals surface area contributed by atoms with Gasteiger partial charge in [0.25, 0.3) is 0 Å². The van der Waals surface area contributed by atoms with Crippen molar-refractivity contribution in [1.29, 1.82) is 0 Å². The van der Waals surface area contributed by atoms with Gasteiger partial charge < -0.3 is 5.32 Å². The molecular weight excluding hydrogens is 242 g/mol. The van der Waals surface area contributed by atoms with Gasteiger partial charge in [-0.15, -0.1) is 0 Å². The van der Waals surface area contributed by atoms with E-state index in [0.717, 1.165) is 16.9 Å². The van der Waals surface area contributed by atoms with Crippen molar-refractivity contribution in [2.75, 3.05) is 5.32 Å². The molecule has 0 fully saturated rings. The summed E-state index contributed by atoms with van der Waals surface area (Å²) in [6.07, 6.45) is 1.77. The summed E-state index contributed by atoms with van der Waals surface area (Å²) in [7, 11) is 0. The van der Waals surface area contributed by atoms with Gasteiger partial charge in [-0.1, -0.05) is 18.2 Å². The van der Waals surface area contributed by atoms with Crippen molar-refractivity contribution in [2.45, 2.75) is 0 Å². The van der Waals surface area contributed by atoms with E-state index in [-0.39, 0.29) is 0 Å². The van der Waals surface area contributed by atoms with Crippen LogP contribution in [0.2, 0.25) is 0 Å². The summed E-state index contributed by atoms with van der Waals surface area (Å²) in [5.41, 5.74) is 3.04. The standard InChI is InChI=1S/C14H11N3S/c1-2-4-12(5-3-1)16-14-15-8-6-13(17-14)11-7-9-18-10-11/h1-10H,(H,15,16,17). The first-order chi connectivity index (χ1) is 8.92. The number of anilines is 2. The number of hydrogen-bond donors (Lipinski definition) is 1. The summed E-state index contributed by atoms with van der Waals surface area (Å²) in [5, 5.41) is 7.31. The van der Waals surface area contributed by atoms with Crippen molar-refractivity contribution < 1.29 is 0 Å². The number of thiophene rings is 1. The van der Waals surface area contributed by atoms with Crippen molar-refractivity contribution in [3.05, 3.63) is 59.4 Å². The molecule has 88 valence electrons. The van der Waals surface area contributed by atoms with Crippen molar-refractivity contribution >= 4 is 23.0 Å². The van der Waals surface area contributed by atoms with Gasteiger partial charge in [0.1, 0.15) is 0 Å². The number of nitrogens with zero attached hydrogens (tertiary/aromatic N) is 2. The molecule has 0 saturated carbocycles. The maximum absolute atomic E-state index is 4.49. The van der Waals surface area contributed by atoms with Crippen LogP contribution >= 0.6 is 11.3 Å². The molecule has 3 aromatic rings. The van der Waals surface area contributed by atoms with E-state index in [1.54, 1.807) is 17.5 Å². The Bertz CT molecular complexity index is 621. The lowest BCUT2D eigenvalue weighted by Gasteiger charge is -2.05. The predicted molar refractivity (Wildman–Crippen MR) is 75.1 cm³/mol. The molecule has 0 radical (unpaired) electrons. The van der Waals surface area contributed by atoms with Gasteiger partial charge in [0.2, 0.25) is 5.95 Å². The maximum atomic E-state index is 4.49.